The Kier molecular flexibility index (Phi) is 59.1. The first-order valence-electron chi connectivity index (χ1n) is 22.0. The number of hydrogen-bond acceptors (Lipinski definition) is 13. The summed E-state index contributed by atoms with van der Waals surface area (Å²) in [5.74, 6) is -0.937. The lowest BCUT2D eigenvalue weighted by atomic mass is 10.4. The molecule has 0 saturated carbocycles. The maximum absolute atomic E-state index is 10.4. The fourth-order valence-corrected chi connectivity index (χ4v) is 7.24. The lowest BCUT2D eigenvalue weighted by Gasteiger charge is -2.03. The molecule has 0 aliphatic rings. The molecule has 0 aliphatic carbocycles. The Morgan fingerprint density at radius 1 is 0.526 bits per heavy atom. The highest BCUT2D eigenvalue weighted by atomic mass is 32.2. The molecule has 0 radical (unpaired) electrons. The third-order valence-corrected chi connectivity index (χ3v) is 15.3. The highest BCUT2D eigenvalue weighted by Crippen LogP contribution is 2.50. The first-order valence-corrected chi connectivity index (χ1v) is 38.1. The molecule has 0 atom stereocenters. The highest BCUT2D eigenvalue weighted by molar-refractivity contribution is 8.09. The molecule has 20 N–H and O–H groups in total. The van der Waals surface area contributed by atoms with Gasteiger partial charge in [0.25, 0.3) is 0 Å². The van der Waals surface area contributed by atoms with Gasteiger partial charge in [-0.05, 0) is 74.5 Å². The fraction of sp³-hybridized carbons (Fsp3) is 0.606. The molecule has 32 nitrogen and oxygen atoms in total. The van der Waals surface area contributed by atoms with Gasteiger partial charge in [-0.3, -0.25) is 45.7 Å². The van der Waals surface area contributed by atoms with E-state index in [0.717, 1.165) is 37.3 Å². The van der Waals surface area contributed by atoms with Crippen LogP contribution in [-0.2, 0) is 50.4 Å². The van der Waals surface area contributed by atoms with Gasteiger partial charge in [0.15, 0.2) is 0 Å². The summed E-state index contributed by atoms with van der Waals surface area (Å²) in [4.78, 5) is 164. The summed E-state index contributed by atoms with van der Waals surface area (Å²) in [7, 11) is -39.8. The van der Waals surface area contributed by atoms with Crippen LogP contribution in [0.3, 0.4) is 0 Å². The molecule has 0 saturated heterocycles. The van der Waals surface area contributed by atoms with Crippen molar-refractivity contribution in [2.75, 3.05) is 37.7 Å². The van der Waals surface area contributed by atoms with E-state index in [2.05, 4.69) is 4.74 Å². The second-order valence-electron chi connectivity index (χ2n) is 12.5. The standard InChI is InChI=1S/C4H6NO3P.C4H9O3PS.C4H9O3P.C4H11O3P.C3H9O4P.C3H9O3P.3C3H7O3P.C2H7O3P/c1-2-4(3-5)9(6,7)8;1-3-4(9-2)8(5,6)7;1-3-4(2)8(5,6)7;1-2-3-4-8(5,6)7;1-2-7-3-8(4,5)6;4*1-2-3-7(4,5)6;1-2-6(3,4)5/h2H,1H3,(H2,6,7,8);3H,1-2H3,(H2,5,6,7);3H,1-2H3,(H2,5,6,7);2-4H2,1H3,(H2,5,6,7);2-3H2,1H3,(H2,4,5,6);2-3H2,1H3,(H2,4,5,6);3*2-3H,1H3,(H2,4,5,6);2H2,1H3,(H2,3,4,5)/b4-2+;4-3-;4-3+;;;;3*3-2+;/i;;;;;;2D,3D;3D;2D;. The molecule has 0 unspecified atom stereocenters. The lowest BCUT2D eigenvalue weighted by Crippen LogP contribution is -1.93. The van der Waals surface area contributed by atoms with Crippen LogP contribution in [0.4, 0.5) is 0 Å². The van der Waals surface area contributed by atoms with E-state index >= 15 is 0 Å². The average molecular weight is 1330 g/mol. The normalized spacial score (nSPS) is 14.1. The zero-order valence-corrected chi connectivity index (χ0v) is 53.1. The minimum absolute atomic E-state index is 0.00694. The van der Waals surface area contributed by atoms with Gasteiger partial charge in [-0.15, -0.1) is 11.8 Å². The summed E-state index contributed by atoms with van der Waals surface area (Å²) in [6.45, 7) is 17.0. The zero-order valence-electron chi connectivity index (χ0n) is 47.3. The van der Waals surface area contributed by atoms with E-state index in [0.29, 0.717) is 25.3 Å². The van der Waals surface area contributed by atoms with E-state index in [1.165, 1.54) is 52.8 Å². The van der Waals surface area contributed by atoms with E-state index in [1.807, 2.05) is 6.92 Å². The SMILES string of the molecule is C/C=C(\C#N)P(=O)(O)O.C/C=C(\C)P(=O)(O)O.C/C=C(\SC)P(=O)(O)O.CCCCP(=O)(O)O.CCCP(=O)(O)O.CCOCP(=O)(O)O.CCP(=O)(O)O.[2H]/C(=C\C)P(=O)(O)O.[2H]/C(C)=C(/[2H])P(=O)(O)O.[2H]/C(C)=C\P(=O)(O)O. The van der Waals surface area contributed by atoms with E-state index in [-0.39, 0.29) is 34.5 Å². The van der Waals surface area contributed by atoms with Crippen molar-refractivity contribution >= 4 is 87.7 Å². The summed E-state index contributed by atoms with van der Waals surface area (Å²) in [6.07, 6.45) is 8.13. The van der Waals surface area contributed by atoms with Crippen molar-refractivity contribution in [3.05, 3.63) is 69.1 Å². The molecule has 43 heteroatoms. The smallest absolute Gasteiger partial charge is 0.366 e. The maximum Gasteiger partial charge on any atom is 0.366 e. The predicted octanol–water partition coefficient (Wildman–Crippen LogP) is 7.04. The van der Waals surface area contributed by atoms with Gasteiger partial charge in [-0.25, -0.2) is 0 Å². The second-order valence-corrected chi connectivity index (χ2v) is 29.7. The topological polar surface area (TPSA) is 608 Å². The van der Waals surface area contributed by atoms with E-state index < -0.39 is 105 Å². The van der Waals surface area contributed by atoms with Crippen LogP contribution in [0.25, 0.3) is 0 Å². The van der Waals surface area contributed by atoms with Gasteiger partial charge in [0.05, 0.1) is 10.1 Å². The van der Waals surface area contributed by atoms with Crippen molar-refractivity contribution in [2.24, 2.45) is 0 Å². The van der Waals surface area contributed by atoms with Gasteiger partial charge in [0, 0.05) is 47.8 Å². The molecule has 0 amide bonds. The Morgan fingerprint density at radius 3 is 0.947 bits per heavy atom. The number of unbranched alkanes of at least 4 members (excludes halogenated alkanes) is 1. The molecule has 0 rings (SSSR count). The number of allylic oxidation sites excluding steroid dienone is 8. The van der Waals surface area contributed by atoms with Crippen LogP contribution in [0.5, 0.6) is 0 Å². The number of rotatable bonds is 16. The number of nitriles is 1. The molecular weight excluding hydrogens is 1250 g/mol. The predicted molar refractivity (Wildman–Crippen MR) is 293 cm³/mol. The van der Waals surface area contributed by atoms with Crippen LogP contribution in [-0.4, -0.2) is 136 Å². The van der Waals surface area contributed by atoms with Crippen molar-refractivity contribution in [3.8, 4) is 6.07 Å². The van der Waals surface area contributed by atoms with Crippen molar-refractivity contribution in [1.29, 1.82) is 5.26 Å². The highest BCUT2D eigenvalue weighted by Gasteiger charge is 2.19. The number of ether oxygens (including phenoxy) is 1. The monoisotopic (exact) mass is 1330 g/mol. The number of nitrogens with zero attached hydrogens (tertiary/aromatic N) is 1. The lowest BCUT2D eigenvalue weighted by molar-refractivity contribution is 0.170. The largest absolute Gasteiger partial charge is 0.369 e. The minimum atomic E-state index is -4.45. The molecule has 0 aliphatic heterocycles. The second kappa shape index (κ2) is 51.6. The maximum atomic E-state index is 10.4. The first-order chi connectivity index (χ1) is 35.0. The summed E-state index contributed by atoms with van der Waals surface area (Å²) >= 11 is 1.07. The van der Waals surface area contributed by atoms with Crippen LogP contribution < -0.4 is 0 Å². The van der Waals surface area contributed by atoms with Gasteiger partial charge in [-0.1, -0.05) is 63.6 Å². The molecule has 0 fully saturated rings. The molecule has 76 heavy (non-hydrogen) atoms. The Bertz CT molecular complexity index is 2370. The van der Waals surface area contributed by atoms with Gasteiger partial charge in [0.2, 0.25) is 0 Å². The molecule has 0 heterocycles. The molecule has 0 aromatic carbocycles. The Labute approximate surface area is 453 Å². The zero-order chi connectivity index (χ0) is 67.4. The van der Waals surface area contributed by atoms with Gasteiger partial charge >= 0.3 is 76.0 Å². The summed E-state index contributed by atoms with van der Waals surface area (Å²) in [5.41, 5.74) is 0. The summed E-state index contributed by atoms with van der Waals surface area (Å²) < 4.78 is 131. The minimum Gasteiger partial charge on any atom is -0.369 e. The molecule has 460 valence electrons. The fourth-order valence-electron chi connectivity index (χ4n) is 2.22. The van der Waals surface area contributed by atoms with Gasteiger partial charge in [0.1, 0.15) is 17.7 Å². The molecule has 0 spiro atoms. The number of hydrogen-bond donors (Lipinski definition) is 20. The molecule has 0 aromatic heterocycles. The number of thioether (sulfide) groups is 1. The van der Waals surface area contributed by atoms with Crippen molar-refractivity contribution in [2.45, 2.75) is 95.4 Å². The molecular formula is C33H81NO31P10S. The summed E-state index contributed by atoms with van der Waals surface area (Å²) in [5, 5.41) is 7.69. The van der Waals surface area contributed by atoms with Crippen LogP contribution in [0.2, 0.25) is 0 Å². The van der Waals surface area contributed by atoms with E-state index in [1.54, 1.807) is 34.0 Å². The molecule has 0 bridgehead atoms. The van der Waals surface area contributed by atoms with Gasteiger partial charge in [-0.2, -0.15) is 5.26 Å². The summed E-state index contributed by atoms with van der Waals surface area (Å²) in [6, 6.07) is 0.877. The van der Waals surface area contributed by atoms with E-state index in [9.17, 15) is 45.7 Å². The Balaban J connectivity index is -0.0000000852. The van der Waals surface area contributed by atoms with Crippen molar-refractivity contribution in [1.82, 2.24) is 0 Å². The van der Waals surface area contributed by atoms with Crippen LogP contribution in [0.1, 0.15) is 101 Å². The average Bonchev–Trinajstić information content (AvgIpc) is 3.23. The molecule has 0 aromatic rings. The van der Waals surface area contributed by atoms with Crippen LogP contribution in [0.15, 0.2) is 69.1 Å². The van der Waals surface area contributed by atoms with E-state index in [4.69, 9.17) is 109 Å². The Hall–Kier alpha value is -0.260. The van der Waals surface area contributed by atoms with Crippen molar-refractivity contribution in [3.63, 3.8) is 0 Å². The first kappa shape index (κ1) is 87.0. The van der Waals surface area contributed by atoms with Gasteiger partial charge < -0.3 is 103 Å². The third kappa shape index (κ3) is 121. The Morgan fingerprint density at radius 2 is 0.921 bits per heavy atom. The van der Waals surface area contributed by atoms with Crippen LogP contribution >= 0.6 is 87.7 Å². The third-order valence-electron chi connectivity index (χ3n) is 5.37. The quantitative estimate of drug-likeness (QED) is 0.0544. The van der Waals surface area contributed by atoms with Crippen molar-refractivity contribution < 1.29 is 154 Å². The van der Waals surface area contributed by atoms with Crippen LogP contribution in [0, 0.1) is 11.3 Å².